The van der Waals surface area contributed by atoms with Gasteiger partial charge >= 0.3 is 0 Å². The van der Waals surface area contributed by atoms with Crippen LogP contribution >= 0.6 is 0 Å². The van der Waals surface area contributed by atoms with Gasteiger partial charge in [0.25, 0.3) is 0 Å². The molecule has 3 nitrogen and oxygen atoms in total. The summed E-state index contributed by atoms with van der Waals surface area (Å²) in [5.74, 6) is 5.35. The Bertz CT molecular complexity index is 705. The molecular formula is C27H45N3. The van der Waals surface area contributed by atoms with Gasteiger partial charge < -0.3 is 0 Å². The van der Waals surface area contributed by atoms with Crippen molar-refractivity contribution in [1.82, 2.24) is 0 Å². The summed E-state index contributed by atoms with van der Waals surface area (Å²) in [4.78, 5) is 3.11. The van der Waals surface area contributed by atoms with Crippen molar-refractivity contribution in [2.24, 2.45) is 51.5 Å². The van der Waals surface area contributed by atoms with Gasteiger partial charge in [-0.15, -0.1) is 0 Å². The highest BCUT2D eigenvalue weighted by molar-refractivity contribution is 5.26. The molecule has 4 aliphatic rings. The third-order valence-corrected chi connectivity index (χ3v) is 10.5. The molecule has 4 rings (SSSR count). The standard InChI is InChI=1S/C27H45N3/c1-18(2)7-6-8-19(3)23-11-12-24-22-10-9-20-17-21(29-30-28)13-15-26(20,4)25(22)14-16-27(23,24)5/h9,18-19,21-25H,6-8,10-17H2,1-5H3/t19-,21+,22+,23-,24+,25+,26+,27-/m1/s1. The minimum Gasteiger partial charge on any atom is -0.0903 e. The summed E-state index contributed by atoms with van der Waals surface area (Å²) in [7, 11) is 0. The number of allylic oxidation sites excluding steroid dienone is 1. The van der Waals surface area contributed by atoms with Crippen LogP contribution in [0, 0.1) is 46.3 Å². The lowest BCUT2D eigenvalue weighted by Crippen LogP contribution is -2.50. The normalized spacial score (nSPS) is 43.8. The minimum absolute atomic E-state index is 0.197. The maximum atomic E-state index is 8.89. The molecule has 0 N–H and O–H groups in total. The fourth-order valence-corrected chi connectivity index (χ4v) is 8.84. The molecule has 0 bridgehead atoms. The second-order valence-corrected chi connectivity index (χ2v) is 12.4. The zero-order valence-corrected chi connectivity index (χ0v) is 20.2. The lowest BCUT2D eigenvalue weighted by atomic mass is 9.47. The first kappa shape index (κ1) is 22.3. The van der Waals surface area contributed by atoms with Gasteiger partial charge in [0.05, 0.1) is 0 Å². The molecule has 3 heteroatoms. The van der Waals surface area contributed by atoms with Crippen molar-refractivity contribution in [2.75, 3.05) is 0 Å². The predicted molar refractivity (Wildman–Crippen MR) is 126 cm³/mol. The van der Waals surface area contributed by atoms with Crippen LogP contribution in [0.15, 0.2) is 16.8 Å². The van der Waals surface area contributed by atoms with Crippen LogP contribution in [0.2, 0.25) is 0 Å². The molecule has 4 aliphatic carbocycles. The van der Waals surface area contributed by atoms with E-state index in [9.17, 15) is 0 Å². The fourth-order valence-electron chi connectivity index (χ4n) is 8.84. The molecule has 168 valence electrons. The van der Waals surface area contributed by atoms with Crippen LogP contribution in [0.3, 0.4) is 0 Å². The molecule has 0 heterocycles. The van der Waals surface area contributed by atoms with E-state index >= 15 is 0 Å². The fraction of sp³-hybridized carbons (Fsp3) is 0.926. The van der Waals surface area contributed by atoms with Crippen LogP contribution in [-0.4, -0.2) is 6.04 Å². The zero-order chi connectivity index (χ0) is 21.5. The minimum atomic E-state index is 0.197. The summed E-state index contributed by atoms with van der Waals surface area (Å²) < 4.78 is 0. The average Bonchev–Trinajstić information content (AvgIpc) is 3.05. The van der Waals surface area contributed by atoms with Crippen molar-refractivity contribution in [3.8, 4) is 0 Å². The molecule has 0 aromatic carbocycles. The Balaban J connectivity index is 1.49. The molecule has 3 fully saturated rings. The van der Waals surface area contributed by atoms with Gasteiger partial charge in [-0.05, 0) is 103 Å². The Kier molecular flexibility index (Phi) is 6.33. The molecule has 0 amide bonds. The van der Waals surface area contributed by atoms with Crippen LogP contribution in [0.25, 0.3) is 10.4 Å². The van der Waals surface area contributed by atoms with Crippen LogP contribution in [0.5, 0.6) is 0 Å². The van der Waals surface area contributed by atoms with Gasteiger partial charge in [0.2, 0.25) is 0 Å². The highest BCUT2D eigenvalue weighted by Crippen LogP contribution is 2.67. The Labute approximate surface area is 185 Å². The Morgan fingerprint density at radius 2 is 1.87 bits per heavy atom. The molecule has 0 spiro atoms. The van der Waals surface area contributed by atoms with E-state index in [2.05, 4.69) is 50.7 Å². The zero-order valence-electron chi connectivity index (χ0n) is 20.2. The van der Waals surface area contributed by atoms with Gasteiger partial charge in [0.1, 0.15) is 0 Å². The van der Waals surface area contributed by atoms with E-state index in [4.69, 9.17) is 5.53 Å². The summed E-state index contributed by atoms with van der Waals surface area (Å²) in [6.07, 6.45) is 17.3. The molecule has 0 aliphatic heterocycles. The van der Waals surface area contributed by atoms with Crippen molar-refractivity contribution < 1.29 is 0 Å². The first-order valence-corrected chi connectivity index (χ1v) is 13.0. The van der Waals surface area contributed by atoms with Gasteiger partial charge in [-0.2, -0.15) is 0 Å². The van der Waals surface area contributed by atoms with E-state index in [1.54, 1.807) is 5.57 Å². The highest BCUT2D eigenvalue weighted by Gasteiger charge is 2.59. The molecule has 0 aromatic rings. The summed E-state index contributed by atoms with van der Waals surface area (Å²) in [6.45, 7) is 12.5. The van der Waals surface area contributed by atoms with Crippen molar-refractivity contribution in [3.05, 3.63) is 22.1 Å². The summed E-state index contributed by atoms with van der Waals surface area (Å²) in [5, 5.41) is 4.08. The van der Waals surface area contributed by atoms with Crippen LogP contribution in [0.4, 0.5) is 0 Å². The number of rotatable bonds is 6. The monoisotopic (exact) mass is 411 g/mol. The van der Waals surface area contributed by atoms with Crippen LogP contribution < -0.4 is 0 Å². The maximum absolute atomic E-state index is 8.89. The number of hydrogen-bond donors (Lipinski definition) is 0. The molecule has 3 saturated carbocycles. The second-order valence-electron chi connectivity index (χ2n) is 12.4. The molecule has 0 unspecified atom stereocenters. The van der Waals surface area contributed by atoms with Crippen molar-refractivity contribution >= 4 is 0 Å². The summed E-state index contributed by atoms with van der Waals surface area (Å²) >= 11 is 0. The first-order chi connectivity index (χ1) is 14.3. The average molecular weight is 412 g/mol. The van der Waals surface area contributed by atoms with Crippen LogP contribution in [0.1, 0.15) is 105 Å². The van der Waals surface area contributed by atoms with Gasteiger partial charge in [0, 0.05) is 11.0 Å². The Hall–Kier alpha value is -0.950. The number of hydrogen-bond acceptors (Lipinski definition) is 1. The predicted octanol–water partition coefficient (Wildman–Crippen LogP) is 8.71. The third-order valence-electron chi connectivity index (χ3n) is 10.5. The molecule has 8 atom stereocenters. The number of azide groups is 1. The van der Waals surface area contributed by atoms with Gasteiger partial charge in [-0.3, -0.25) is 0 Å². The Morgan fingerprint density at radius 1 is 1.07 bits per heavy atom. The number of nitrogens with zero attached hydrogens (tertiary/aromatic N) is 3. The Morgan fingerprint density at radius 3 is 2.60 bits per heavy atom. The molecule has 0 radical (unpaired) electrons. The van der Waals surface area contributed by atoms with Crippen molar-refractivity contribution in [1.29, 1.82) is 0 Å². The van der Waals surface area contributed by atoms with E-state index in [0.29, 0.717) is 10.8 Å². The van der Waals surface area contributed by atoms with Crippen molar-refractivity contribution in [2.45, 2.75) is 111 Å². The summed E-state index contributed by atoms with van der Waals surface area (Å²) in [6, 6.07) is 0.197. The lowest BCUT2D eigenvalue weighted by molar-refractivity contribution is -0.0508. The van der Waals surface area contributed by atoms with E-state index in [1.807, 2.05) is 0 Å². The van der Waals surface area contributed by atoms with Crippen LogP contribution in [-0.2, 0) is 0 Å². The molecule has 0 aromatic heterocycles. The van der Waals surface area contributed by atoms with E-state index in [-0.39, 0.29) is 6.04 Å². The second kappa shape index (κ2) is 8.53. The molecule has 30 heavy (non-hydrogen) atoms. The van der Waals surface area contributed by atoms with Crippen molar-refractivity contribution in [3.63, 3.8) is 0 Å². The summed E-state index contributed by atoms with van der Waals surface area (Å²) in [5.41, 5.74) is 11.5. The maximum Gasteiger partial charge on any atom is 0.0411 e. The molecular weight excluding hydrogens is 366 g/mol. The smallest absolute Gasteiger partial charge is 0.0411 e. The van der Waals surface area contributed by atoms with Gasteiger partial charge in [-0.1, -0.05) is 70.6 Å². The third kappa shape index (κ3) is 3.74. The first-order valence-electron chi connectivity index (χ1n) is 13.0. The lowest BCUT2D eigenvalue weighted by Gasteiger charge is -2.58. The van der Waals surface area contributed by atoms with E-state index in [0.717, 1.165) is 48.3 Å². The SMILES string of the molecule is CC(C)CCC[C@@H](C)[C@H]1CC[C@H]2[C@@H]3CC=C4C[C@@H](N=[N+]=[N-])CC[C@]4(C)[C@H]3CC[C@]12C. The van der Waals surface area contributed by atoms with Gasteiger partial charge in [0.15, 0.2) is 0 Å². The quantitative estimate of drug-likeness (QED) is 0.182. The van der Waals surface area contributed by atoms with E-state index < -0.39 is 0 Å². The van der Waals surface area contributed by atoms with E-state index in [1.165, 1.54) is 57.8 Å². The topological polar surface area (TPSA) is 48.8 Å². The highest BCUT2D eigenvalue weighted by atomic mass is 15.1. The largest absolute Gasteiger partial charge is 0.0903 e. The van der Waals surface area contributed by atoms with Gasteiger partial charge in [-0.25, -0.2) is 0 Å². The number of fused-ring (bicyclic) bond motifs is 5. The molecule has 0 saturated heterocycles.